The van der Waals surface area contributed by atoms with Crippen LogP contribution in [-0.4, -0.2) is 115 Å². The predicted octanol–water partition coefficient (Wildman–Crippen LogP) is 4.62. The van der Waals surface area contributed by atoms with E-state index >= 15 is 0 Å². The van der Waals surface area contributed by atoms with Gasteiger partial charge in [-0.3, -0.25) is 33.5 Å². The number of ether oxygens (including phenoxy) is 1. The minimum atomic E-state index is -3.00. The first-order valence-corrected chi connectivity index (χ1v) is 21.9. The van der Waals surface area contributed by atoms with Crippen molar-refractivity contribution in [1.82, 2.24) is 43.7 Å². The molecule has 4 aromatic heterocycles. The average molecular weight is 895 g/mol. The second kappa shape index (κ2) is 18.8. The smallest absolute Gasteiger partial charge is 0.329 e. The molecule has 0 bridgehead atoms. The van der Waals surface area contributed by atoms with Crippen LogP contribution in [0, 0.1) is 5.92 Å². The number of para-hydroxylation sites is 1. The van der Waals surface area contributed by atoms with E-state index in [9.17, 15) is 36.7 Å². The van der Waals surface area contributed by atoms with Crippen molar-refractivity contribution >= 4 is 45.9 Å². The quantitative estimate of drug-likeness (QED) is 0.0712. The fraction of sp³-hybridized carbons (Fsp3) is 0.558. The number of amides is 3. The fourth-order valence-corrected chi connectivity index (χ4v) is 9.53. The number of nitrogens with zero attached hydrogens (tertiary/aromatic N) is 9. The summed E-state index contributed by atoms with van der Waals surface area (Å²) in [7, 11) is 3.78. The van der Waals surface area contributed by atoms with E-state index in [2.05, 4.69) is 37.8 Å². The van der Waals surface area contributed by atoms with Gasteiger partial charge in [0, 0.05) is 71.2 Å². The summed E-state index contributed by atoms with van der Waals surface area (Å²) in [6.07, 6.45) is 6.82. The number of nitrogens with two attached hydrogens (primary N) is 1. The molecule has 344 valence electrons. The Hall–Kier alpha value is -5.67. The number of anilines is 2. The van der Waals surface area contributed by atoms with Crippen LogP contribution in [-0.2, 0) is 27.8 Å². The third-order valence-corrected chi connectivity index (χ3v) is 12.6. The molecule has 8 rings (SSSR count). The number of imidazole rings is 1. The lowest BCUT2D eigenvalue weighted by atomic mass is 9.86. The molecule has 3 fully saturated rings. The molecule has 64 heavy (non-hydrogen) atoms. The van der Waals surface area contributed by atoms with E-state index < -0.39 is 54.9 Å². The van der Waals surface area contributed by atoms with E-state index in [0.717, 1.165) is 62.7 Å². The fourth-order valence-electron chi connectivity index (χ4n) is 9.53. The SMILES string of the molecule is CN(CCCOCCCc1cccc2c1n(C)c(=O)n2C1CCC(=O)NC1=O)CC1CCC(n2cc(NC(=O)c3cnn4ccc(N5C[C@H](N)CC(F)(F)C5)nc34)c(C(F)F)n2)CC1. The van der Waals surface area contributed by atoms with Crippen LogP contribution >= 0.6 is 0 Å². The summed E-state index contributed by atoms with van der Waals surface area (Å²) in [6.45, 7) is 2.47. The Bertz CT molecular complexity index is 2560. The predicted molar refractivity (Wildman–Crippen MR) is 229 cm³/mol. The zero-order chi connectivity index (χ0) is 45.3. The van der Waals surface area contributed by atoms with Gasteiger partial charge >= 0.3 is 5.69 Å². The first kappa shape index (κ1) is 44.9. The van der Waals surface area contributed by atoms with Gasteiger partial charge in [0.25, 0.3) is 18.3 Å². The van der Waals surface area contributed by atoms with Crippen molar-refractivity contribution in [2.45, 2.75) is 94.7 Å². The molecule has 2 saturated heterocycles. The number of piperidine rings is 2. The number of hydrogen-bond acceptors (Lipinski definition) is 11. The van der Waals surface area contributed by atoms with Crippen molar-refractivity contribution < 1.29 is 36.7 Å². The van der Waals surface area contributed by atoms with Gasteiger partial charge in [-0.1, -0.05) is 12.1 Å². The molecule has 2 atom stereocenters. The Morgan fingerprint density at radius 3 is 2.62 bits per heavy atom. The van der Waals surface area contributed by atoms with Gasteiger partial charge in [0.15, 0.2) is 11.3 Å². The van der Waals surface area contributed by atoms with Crippen molar-refractivity contribution in [2.75, 3.05) is 56.7 Å². The lowest BCUT2D eigenvalue weighted by Gasteiger charge is -2.36. The highest BCUT2D eigenvalue weighted by Crippen LogP contribution is 2.36. The summed E-state index contributed by atoms with van der Waals surface area (Å²) in [4.78, 5) is 59.0. The summed E-state index contributed by atoms with van der Waals surface area (Å²) in [5, 5.41) is 13.3. The Morgan fingerprint density at radius 1 is 1.09 bits per heavy atom. The number of halogens is 4. The van der Waals surface area contributed by atoms with Gasteiger partial charge in [-0.2, -0.15) is 10.2 Å². The minimum absolute atomic E-state index is 0.0134. The van der Waals surface area contributed by atoms with E-state index in [1.807, 2.05) is 18.2 Å². The van der Waals surface area contributed by atoms with Crippen LogP contribution in [0.3, 0.4) is 0 Å². The zero-order valence-electron chi connectivity index (χ0n) is 35.9. The second-order valence-corrected chi connectivity index (χ2v) is 17.4. The Balaban J connectivity index is 0.777. The Morgan fingerprint density at radius 2 is 1.88 bits per heavy atom. The Kier molecular flexibility index (Phi) is 13.2. The molecule has 6 heterocycles. The molecular weight excluding hydrogens is 841 g/mol. The molecule has 21 heteroatoms. The molecule has 3 amide bonds. The third kappa shape index (κ3) is 9.70. The second-order valence-electron chi connectivity index (χ2n) is 17.4. The maximum Gasteiger partial charge on any atom is 0.329 e. The van der Waals surface area contributed by atoms with Crippen molar-refractivity contribution in [3.05, 3.63) is 70.2 Å². The van der Waals surface area contributed by atoms with E-state index in [0.29, 0.717) is 31.1 Å². The van der Waals surface area contributed by atoms with Crippen LogP contribution in [0.5, 0.6) is 0 Å². The summed E-state index contributed by atoms with van der Waals surface area (Å²) < 4.78 is 68.9. The van der Waals surface area contributed by atoms with E-state index in [-0.39, 0.29) is 59.7 Å². The summed E-state index contributed by atoms with van der Waals surface area (Å²) in [5.74, 6) is -3.90. The number of hydrogen-bond donors (Lipinski definition) is 3. The summed E-state index contributed by atoms with van der Waals surface area (Å²) in [5.41, 5.74) is 7.42. The number of rotatable bonds is 16. The molecule has 4 N–H and O–H groups in total. The molecule has 1 unspecified atom stereocenters. The molecule has 5 aromatic rings. The van der Waals surface area contributed by atoms with Crippen molar-refractivity contribution in [1.29, 1.82) is 0 Å². The number of fused-ring (bicyclic) bond motifs is 2. The molecule has 1 aromatic carbocycles. The number of alkyl halides is 4. The van der Waals surface area contributed by atoms with Crippen LogP contribution in [0.2, 0.25) is 0 Å². The van der Waals surface area contributed by atoms with Gasteiger partial charge in [0.2, 0.25) is 11.8 Å². The molecular formula is C43H54F4N12O5. The first-order chi connectivity index (χ1) is 30.7. The van der Waals surface area contributed by atoms with Crippen LogP contribution in [0.4, 0.5) is 29.1 Å². The van der Waals surface area contributed by atoms with Crippen LogP contribution < -0.4 is 27.0 Å². The number of aryl methyl sites for hydroxylation is 2. The van der Waals surface area contributed by atoms with E-state index in [1.54, 1.807) is 11.6 Å². The highest BCUT2D eigenvalue weighted by atomic mass is 19.3. The molecule has 2 aliphatic heterocycles. The number of aromatic nitrogens is 7. The number of benzene rings is 1. The normalized spacial score (nSPS) is 21.7. The number of imide groups is 1. The minimum Gasteiger partial charge on any atom is -0.381 e. The lowest BCUT2D eigenvalue weighted by Crippen LogP contribution is -2.52. The number of carbonyl (C=O) groups excluding carboxylic acids is 3. The summed E-state index contributed by atoms with van der Waals surface area (Å²) >= 11 is 0. The zero-order valence-corrected chi connectivity index (χ0v) is 35.9. The van der Waals surface area contributed by atoms with Crippen molar-refractivity contribution in [2.24, 2.45) is 18.7 Å². The Labute approximate surface area is 365 Å². The molecule has 17 nitrogen and oxygen atoms in total. The maximum atomic E-state index is 14.3. The van der Waals surface area contributed by atoms with Gasteiger partial charge in [-0.25, -0.2) is 31.9 Å². The monoisotopic (exact) mass is 894 g/mol. The summed E-state index contributed by atoms with van der Waals surface area (Å²) in [6, 6.07) is 5.60. The van der Waals surface area contributed by atoms with Gasteiger partial charge in [-0.05, 0) is 82.0 Å². The highest BCUT2D eigenvalue weighted by molar-refractivity contribution is 6.08. The van der Waals surface area contributed by atoms with Crippen molar-refractivity contribution in [3.8, 4) is 0 Å². The van der Waals surface area contributed by atoms with Crippen LogP contribution in [0.15, 0.2) is 47.7 Å². The van der Waals surface area contributed by atoms with Gasteiger partial charge in [0.05, 0.1) is 35.5 Å². The third-order valence-electron chi connectivity index (χ3n) is 12.6. The van der Waals surface area contributed by atoms with Gasteiger partial charge in [0.1, 0.15) is 17.4 Å². The van der Waals surface area contributed by atoms with E-state index in [1.165, 1.54) is 43.3 Å². The molecule has 3 aliphatic rings. The topological polar surface area (TPSA) is 192 Å². The van der Waals surface area contributed by atoms with Crippen molar-refractivity contribution in [3.63, 3.8) is 0 Å². The molecule has 0 spiro atoms. The largest absolute Gasteiger partial charge is 0.381 e. The van der Waals surface area contributed by atoms with Gasteiger partial charge < -0.3 is 25.6 Å². The lowest BCUT2D eigenvalue weighted by molar-refractivity contribution is -0.135. The van der Waals surface area contributed by atoms with Crippen LogP contribution in [0.1, 0.15) is 97.9 Å². The molecule has 0 radical (unpaired) electrons. The number of carbonyl (C=O) groups is 3. The van der Waals surface area contributed by atoms with Gasteiger partial charge in [-0.15, -0.1) is 0 Å². The average Bonchev–Trinajstić information content (AvgIpc) is 3.94. The highest BCUT2D eigenvalue weighted by Gasteiger charge is 2.40. The van der Waals surface area contributed by atoms with E-state index in [4.69, 9.17) is 10.5 Å². The van der Waals surface area contributed by atoms with Crippen LogP contribution in [0.25, 0.3) is 16.7 Å². The molecule has 1 aliphatic carbocycles. The number of nitrogens with one attached hydrogen (secondary N) is 2. The first-order valence-electron chi connectivity index (χ1n) is 21.9. The molecule has 1 saturated carbocycles. The maximum absolute atomic E-state index is 14.3. The standard InChI is InChI=1S/C43H54F4N12O5/c1-54(16-5-19-64-18-4-7-27-6-3-8-32-37(27)55(2)42(63)59(32)33-13-14-35(60)52-41(33)62)22-26-9-11-29(12-10-26)58-24-31(36(53-58)38(44)45)50-40(61)30-21-49-57-17-15-34(51-39(30)57)56-23-28(48)20-43(46,47)25-56/h3,6,8,15,17,21,24,26,28-29,33,38H,4-5,7,9-14,16,18-20,22-23,25,48H2,1-2H3,(H,50,61)(H,52,60,62)/t26?,28-,29?,33?/m1/s1.